The standard InChI is InChI=1S/C18H23N3O3S/c1-11-3-5-13(6-4-11)19-16(22)9-14-10-25-18(20-14)21-17(23)15-7-8-24-12(15)2/h7-8,10-11,13H,3-6,9H2,1-2H3,(H,19,22)(H,20,21,23). The van der Waals surface area contributed by atoms with E-state index in [2.05, 4.69) is 22.5 Å². The minimum absolute atomic E-state index is 0.00610. The van der Waals surface area contributed by atoms with Crippen LogP contribution in [0.1, 0.15) is 54.4 Å². The van der Waals surface area contributed by atoms with E-state index in [-0.39, 0.29) is 24.3 Å². The molecule has 0 aliphatic heterocycles. The quantitative estimate of drug-likeness (QED) is 0.853. The molecule has 0 saturated heterocycles. The minimum Gasteiger partial charge on any atom is -0.469 e. The highest BCUT2D eigenvalue weighted by molar-refractivity contribution is 7.14. The number of thiazole rings is 1. The van der Waals surface area contributed by atoms with E-state index < -0.39 is 0 Å². The molecule has 0 radical (unpaired) electrons. The number of carbonyl (C=O) groups is 2. The van der Waals surface area contributed by atoms with Crippen LogP contribution in [0.25, 0.3) is 0 Å². The van der Waals surface area contributed by atoms with E-state index in [1.165, 1.54) is 30.4 Å². The van der Waals surface area contributed by atoms with Crippen LogP contribution in [0.2, 0.25) is 0 Å². The van der Waals surface area contributed by atoms with Crippen molar-refractivity contribution >= 4 is 28.3 Å². The SMILES string of the molecule is Cc1occc1C(=O)Nc1nc(CC(=O)NC2CCC(C)CC2)cs1. The van der Waals surface area contributed by atoms with E-state index >= 15 is 0 Å². The first kappa shape index (κ1) is 17.7. The van der Waals surface area contributed by atoms with Crippen LogP contribution >= 0.6 is 11.3 Å². The summed E-state index contributed by atoms with van der Waals surface area (Å²) in [6, 6.07) is 1.91. The van der Waals surface area contributed by atoms with Gasteiger partial charge >= 0.3 is 0 Å². The molecule has 2 heterocycles. The molecule has 0 atom stereocenters. The fraction of sp³-hybridized carbons (Fsp3) is 0.500. The van der Waals surface area contributed by atoms with Crippen LogP contribution in [0.15, 0.2) is 22.1 Å². The molecule has 2 amide bonds. The van der Waals surface area contributed by atoms with Gasteiger partial charge in [-0.15, -0.1) is 11.3 Å². The fourth-order valence-corrected chi connectivity index (χ4v) is 3.78. The molecule has 1 aliphatic rings. The summed E-state index contributed by atoms with van der Waals surface area (Å²) < 4.78 is 5.13. The molecule has 0 spiro atoms. The maximum atomic E-state index is 12.2. The van der Waals surface area contributed by atoms with E-state index in [0.717, 1.165) is 18.8 Å². The molecular weight excluding hydrogens is 338 g/mol. The van der Waals surface area contributed by atoms with Gasteiger partial charge in [0.15, 0.2) is 5.13 Å². The zero-order chi connectivity index (χ0) is 17.8. The van der Waals surface area contributed by atoms with Crippen molar-refractivity contribution in [1.82, 2.24) is 10.3 Å². The summed E-state index contributed by atoms with van der Waals surface area (Å²) in [5.74, 6) is 1.06. The normalized spacial score (nSPS) is 20.2. The van der Waals surface area contributed by atoms with E-state index in [9.17, 15) is 9.59 Å². The van der Waals surface area contributed by atoms with Crippen molar-refractivity contribution in [3.8, 4) is 0 Å². The predicted octanol–water partition coefficient (Wildman–Crippen LogP) is 3.53. The summed E-state index contributed by atoms with van der Waals surface area (Å²) in [5, 5.41) is 8.13. The molecule has 1 fully saturated rings. The summed E-state index contributed by atoms with van der Waals surface area (Å²) >= 11 is 1.32. The van der Waals surface area contributed by atoms with E-state index in [0.29, 0.717) is 22.1 Å². The average molecular weight is 361 g/mol. The molecule has 25 heavy (non-hydrogen) atoms. The lowest BCUT2D eigenvalue weighted by atomic mass is 9.87. The minimum atomic E-state index is -0.257. The Bertz CT molecular complexity index is 744. The van der Waals surface area contributed by atoms with Gasteiger partial charge in [0.25, 0.3) is 5.91 Å². The van der Waals surface area contributed by atoms with Gasteiger partial charge in [0.2, 0.25) is 5.91 Å². The zero-order valence-electron chi connectivity index (χ0n) is 14.5. The molecule has 6 nitrogen and oxygen atoms in total. The Hall–Kier alpha value is -2.15. The average Bonchev–Trinajstić information content (AvgIpc) is 3.18. The van der Waals surface area contributed by atoms with E-state index in [1.54, 1.807) is 18.4 Å². The first-order valence-corrected chi connectivity index (χ1v) is 9.48. The topological polar surface area (TPSA) is 84.2 Å². The van der Waals surface area contributed by atoms with Crippen molar-refractivity contribution in [2.24, 2.45) is 5.92 Å². The Kier molecular flexibility index (Phi) is 5.53. The first-order valence-electron chi connectivity index (χ1n) is 8.60. The van der Waals surface area contributed by atoms with Gasteiger partial charge in [-0.3, -0.25) is 14.9 Å². The molecule has 0 bridgehead atoms. The summed E-state index contributed by atoms with van der Waals surface area (Å²) in [7, 11) is 0. The number of aromatic nitrogens is 1. The van der Waals surface area contributed by atoms with Crippen molar-refractivity contribution in [1.29, 1.82) is 0 Å². The lowest BCUT2D eigenvalue weighted by Gasteiger charge is -2.26. The monoisotopic (exact) mass is 361 g/mol. The van der Waals surface area contributed by atoms with Crippen LogP contribution < -0.4 is 10.6 Å². The molecule has 2 N–H and O–H groups in total. The summed E-state index contributed by atoms with van der Waals surface area (Å²) in [4.78, 5) is 28.6. The fourth-order valence-electron chi connectivity index (χ4n) is 3.08. The smallest absolute Gasteiger partial charge is 0.260 e. The van der Waals surface area contributed by atoms with Crippen molar-refractivity contribution in [2.45, 2.75) is 52.0 Å². The van der Waals surface area contributed by atoms with Crippen LogP contribution in [-0.2, 0) is 11.2 Å². The molecule has 134 valence electrons. The van der Waals surface area contributed by atoms with Gasteiger partial charge in [-0.05, 0) is 44.6 Å². The first-order chi connectivity index (χ1) is 12.0. The second-order valence-electron chi connectivity index (χ2n) is 6.69. The molecule has 7 heteroatoms. The molecule has 2 aromatic rings. The van der Waals surface area contributed by atoms with E-state index in [1.807, 2.05) is 0 Å². The van der Waals surface area contributed by atoms with Gasteiger partial charge in [-0.1, -0.05) is 6.92 Å². The van der Waals surface area contributed by atoms with Crippen LogP contribution in [0.3, 0.4) is 0 Å². The molecule has 1 saturated carbocycles. The van der Waals surface area contributed by atoms with Crippen molar-refractivity contribution in [2.75, 3.05) is 5.32 Å². The molecule has 0 unspecified atom stereocenters. The van der Waals surface area contributed by atoms with Gasteiger partial charge in [-0.2, -0.15) is 0 Å². The zero-order valence-corrected chi connectivity index (χ0v) is 15.3. The van der Waals surface area contributed by atoms with Crippen molar-refractivity contribution in [3.63, 3.8) is 0 Å². The van der Waals surface area contributed by atoms with Gasteiger partial charge < -0.3 is 9.73 Å². The number of furan rings is 1. The third-order valence-corrected chi connectivity index (χ3v) is 5.40. The summed E-state index contributed by atoms with van der Waals surface area (Å²) in [6.07, 6.45) is 6.16. The third-order valence-electron chi connectivity index (χ3n) is 4.60. The Morgan fingerprint density at radius 2 is 2.08 bits per heavy atom. The number of nitrogens with zero attached hydrogens (tertiary/aromatic N) is 1. The number of amides is 2. The Labute approximate surface area is 151 Å². The predicted molar refractivity (Wildman–Crippen MR) is 96.8 cm³/mol. The Morgan fingerprint density at radius 1 is 1.32 bits per heavy atom. The second kappa shape index (κ2) is 7.82. The third kappa shape index (κ3) is 4.69. The second-order valence-corrected chi connectivity index (χ2v) is 7.55. The number of anilines is 1. The van der Waals surface area contributed by atoms with E-state index in [4.69, 9.17) is 4.42 Å². The van der Waals surface area contributed by atoms with Crippen LogP contribution in [0.5, 0.6) is 0 Å². The summed E-state index contributed by atoms with van der Waals surface area (Å²) in [5.41, 5.74) is 1.16. The molecule has 0 aromatic carbocycles. The van der Waals surface area contributed by atoms with Crippen LogP contribution in [-0.4, -0.2) is 22.8 Å². The van der Waals surface area contributed by atoms with Crippen molar-refractivity contribution < 1.29 is 14.0 Å². The number of hydrogen-bond acceptors (Lipinski definition) is 5. The number of nitrogens with one attached hydrogen (secondary N) is 2. The Balaban J connectivity index is 1.50. The van der Waals surface area contributed by atoms with Gasteiger partial charge in [0.05, 0.1) is 23.9 Å². The Morgan fingerprint density at radius 3 is 2.76 bits per heavy atom. The number of hydrogen-bond donors (Lipinski definition) is 2. The van der Waals surface area contributed by atoms with Gasteiger partial charge in [-0.25, -0.2) is 4.98 Å². The van der Waals surface area contributed by atoms with Gasteiger partial charge in [0.1, 0.15) is 5.76 Å². The molecule has 3 rings (SSSR count). The number of aryl methyl sites for hydroxylation is 1. The summed E-state index contributed by atoms with van der Waals surface area (Å²) in [6.45, 7) is 3.99. The largest absolute Gasteiger partial charge is 0.469 e. The maximum Gasteiger partial charge on any atom is 0.260 e. The highest BCUT2D eigenvalue weighted by atomic mass is 32.1. The van der Waals surface area contributed by atoms with Gasteiger partial charge in [0, 0.05) is 11.4 Å². The molecule has 2 aromatic heterocycles. The van der Waals surface area contributed by atoms with Crippen LogP contribution in [0.4, 0.5) is 5.13 Å². The lowest BCUT2D eigenvalue weighted by Crippen LogP contribution is -2.38. The molecular formula is C18H23N3O3S. The number of carbonyl (C=O) groups excluding carboxylic acids is 2. The maximum absolute atomic E-state index is 12.2. The highest BCUT2D eigenvalue weighted by Gasteiger charge is 2.20. The molecule has 1 aliphatic carbocycles. The van der Waals surface area contributed by atoms with Crippen LogP contribution in [0, 0.1) is 12.8 Å². The number of rotatable bonds is 5. The van der Waals surface area contributed by atoms with Crippen molar-refractivity contribution in [3.05, 3.63) is 34.7 Å². The highest BCUT2D eigenvalue weighted by Crippen LogP contribution is 2.23. The lowest BCUT2D eigenvalue weighted by molar-refractivity contribution is -0.121.